The molecule has 1 aliphatic rings. The highest BCUT2D eigenvalue weighted by Crippen LogP contribution is 2.29. The summed E-state index contributed by atoms with van der Waals surface area (Å²) in [6.45, 7) is -2.17. The van der Waals surface area contributed by atoms with Crippen LogP contribution in [-0.4, -0.2) is 32.2 Å². The molecule has 0 aliphatic heterocycles. The molecule has 7 heteroatoms. The van der Waals surface area contributed by atoms with E-state index in [1.807, 2.05) is 0 Å². The maximum absolute atomic E-state index is 12.3. The second-order valence-corrected chi connectivity index (χ2v) is 6.69. The Morgan fingerprint density at radius 1 is 1.19 bits per heavy atom. The third kappa shape index (κ3) is 7.15. The van der Waals surface area contributed by atoms with Crippen LogP contribution in [0.1, 0.15) is 50.5 Å². The molecule has 1 aromatic carbocycles. The minimum atomic E-state index is -2.90. The van der Waals surface area contributed by atoms with Crippen LogP contribution in [0.5, 0.6) is 11.5 Å². The fraction of sp³-hybridized carbons (Fsp3) is 0.632. The third-order valence-electron chi connectivity index (χ3n) is 4.72. The molecule has 3 N–H and O–H groups in total. The summed E-state index contributed by atoms with van der Waals surface area (Å²) in [6.07, 6.45) is 8.77. The van der Waals surface area contributed by atoms with Crippen LogP contribution in [0.4, 0.5) is 8.78 Å². The van der Waals surface area contributed by atoms with Gasteiger partial charge in [-0.15, -0.1) is 0 Å². The predicted molar refractivity (Wildman–Crippen MR) is 94.4 cm³/mol. The van der Waals surface area contributed by atoms with Crippen molar-refractivity contribution in [1.82, 2.24) is 5.32 Å². The lowest BCUT2D eigenvalue weighted by Gasteiger charge is -2.18. The first kappa shape index (κ1) is 20.4. The van der Waals surface area contributed by atoms with Gasteiger partial charge in [0.2, 0.25) is 0 Å². The molecule has 1 amide bonds. The van der Waals surface area contributed by atoms with Crippen LogP contribution in [0, 0.1) is 0 Å². The van der Waals surface area contributed by atoms with Gasteiger partial charge in [0.05, 0.1) is 13.2 Å². The van der Waals surface area contributed by atoms with Gasteiger partial charge in [0.25, 0.3) is 5.91 Å². The maximum atomic E-state index is 12.3. The van der Waals surface area contributed by atoms with Crippen LogP contribution in [-0.2, 0) is 11.3 Å². The van der Waals surface area contributed by atoms with E-state index in [4.69, 9.17) is 4.74 Å². The summed E-state index contributed by atoms with van der Waals surface area (Å²) in [5, 5.41) is 5.00. The van der Waals surface area contributed by atoms with Crippen molar-refractivity contribution >= 4 is 5.91 Å². The standard InChI is InChI=1S/C19H28F2N2O3/c1-25-17-11-14(9-10-16(17)26-19(20)21)12-23-18(24)13-22-15-7-5-3-2-4-6-8-15/h9-11,15,19,22H,2-8,12-13H2,1H3,(H,23,24)/p+1. The number of rotatable bonds is 8. The molecule has 1 aliphatic carbocycles. The fourth-order valence-electron chi connectivity index (χ4n) is 3.29. The molecule has 0 saturated heterocycles. The van der Waals surface area contributed by atoms with Crippen molar-refractivity contribution in [2.75, 3.05) is 13.7 Å². The highest BCUT2D eigenvalue weighted by Gasteiger charge is 2.16. The Hall–Kier alpha value is -1.89. The monoisotopic (exact) mass is 371 g/mol. The van der Waals surface area contributed by atoms with Crippen molar-refractivity contribution in [3.8, 4) is 11.5 Å². The van der Waals surface area contributed by atoms with Gasteiger partial charge in [-0.1, -0.05) is 25.3 Å². The van der Waals surface area contributed by atoms with Crippen LogP contribution in [0.25, 0.3) is 0 Å². The lowest BCUT2D eigenvalue weighted by atomic mass is 9.97. The number of alkyl halides is 2. The highest BCUT2D eigenvalue weighted by atomic mass is 19.3. The predicted octanol–water partition coefficient (Wildman–Crippen LogP) is 2.59. The van der Waals surface area contributed by atoms with Crippen molar-refractivity contribution in [3.63, 3.8) is 0 Å². The molecule has 26 heavy (non-hydrogen) atoms. The molecule has 0 spiro atoms. The Morgan fingerprint density at radius 3 is 2.54 bits per heavy atom. The number of halogens is 2. The minimum absolute atomic E-state index is 0.0183. The molecule has 0 aromatic heterocycles. The summed E-state index contributed by atoms with van der Waals surface area (Å²) in [7, 11) is 1.39. The van der Waals surface area contributed by atoms with Crippen molar-refractivity contribution < 1.29 is 28.4 Å². The number of carbonyl (C=O) groups is 1. The van der Waals surface area contributed by atoms with Gasteiger partial charge in [-0.05, 0) is 43.4 Å². The molecular formula is C19H29F2N2O3+. The van der Waals surface area contributed by atoms with Gasteiger partial charge in [0, 0.05) is 6.54 Å². The van der Waals surface area contributed by atoms with E-state index in [1.54, 1.807) is 12.1 Å². The van der Waals surface area contributed by atoms with Gasteiger partial charge < -0.3 is 20.1 Å². The van der Waals surface area contributed by atoms with E-state index >= 15 is 0 Å². The molecule has 1 saturated carbocycles. The molecule has 1 aromatic rings. The Balaban J connectivity index is 1.77. The Kier molecular flexibility index (Phi) is 8.61. The molecule has 2 rings (SSSR count). The first-order chi connectivity index (χ1) is 12.6. The summed E-state index contributed by atoms with van der Waals surface area (Å²) in [4.78, 5) is 12.1. The summed E-state index contributed by atoms with van der Waals surface area (Å²) in [5.74, 6) is 0.173. The largest absolute Gasteiger partial charge is 0.493 e. The average molecular weight is 371 g/mol. The second kappa shape index (κ2) is 11.0. The molecule has 0 bridgehead atoms. The lowest BCUT2D eigenvalue weighted by Crippen LogP contribution is -2.92. The molecule has 1 fully saturated rings. The Labute approximate surface area is 153 Å². The van der Waals surface area contributed by atoms with Crippen LogP contribution in [0.3, 0.4) is 0 Å². The molecule has 146 valence electrons. The normalized spacial score (nSPS) is 16.0. The van der Waals surface area contributed by atoms with E-state index in [0.29, 0.717) is 19.1 Å². The van der Waals surface area contributed by atoms with Crippen molar-refractivity contribution in [2.45, 2.75) is 64.1 Å². The van der Waals surface area contributed by atoms with Gasteiger partial charge in [-0.2, -0.15) is 8.78 Å². The van der Waals surface area contributed by atoms with Gasteiger partial charge in [-0.3, -0.25) is 4.79 Å². The van der Waals surface area contributed by atoms with Crippen molar-refractivity contribution in [2.24, 2.45) is 0 Å². The Bertz CT molecular complexity index is 562. The lowest BCUT2D eigenvalue weighted by molar-refractivity contribution is -0.680. The summed E-state index contributed by atoms with van der Waals surface area (Å²) >= 11 is 0. The SMILES string of the molecule is COc1cc(CNC(=O)C[NH2+]C2CCCCCCC2)ccc1OC(F)F. The van der Waals surface area contributed by atoms with Gasteiger partial charge in [-0.25, -0.2) is 0 Å². The quantitative estimate of drug-likeness (QED) is 0.738. The van der Waals surface area contributed by atoms with Crippen LogP contribution in [0.2, 0.25) is 0 Å². The summed E-state index contributed by atoms with van der Waals surface area (Å²) < 4.78 is 34.1. The number of ether oxygens (including phenoxy) is 2. The van der Waals surface area contributed by atoms with Crippen LogP contribution < -0.4 is 20.1 Å². The smallest absolute Gasteiger partial charge is 0.387 e. The van der Waals surface area contributed by atoms with E-state index in [9.17, 15) is 13.6 Å². The zero-order valence-corrected chi connectivity index (χ0v) is 15.3. The number of nitrogens with two attached hydrogens (primary N) is 1. The summed E-state index contributed by atoms with van der Waals surface area (Å²) in [5.41, 5.74) is 0.766. The summed E-state index contributed by atoms with van der Waals surface area (Å²) in [6, 6.07) is 5.19. The zero-order chi connectivity index (χ0) is 18.8. The average Bonchev–Trinajstić information content (AvgIpc) is 2.59. The number of hydrogen-bond acceptors (Lipinski definition) is 3. The fourth-order valence-corrected chi connectivity index (χ4v) is 3.29. The molecule has 0 radical (unpaired) electrons. The zero-order valence-electron chi connectivity index (χ0n) is 15.3. The number of carbonyl (C=O) groups excluding carboxylic acids is 1. The Morgan fingerprint density at radius 2 is 1.88 bits per heavy atom. The highest BCUT2D eigenvalue weighted by molar-refractivity contribution is 5.76. The van der Waals surface area contributed by atoms with Crippen LogP contribution in [0.15, 0.2) is 18.2 Å². The van der Waals surface area contributed by atoms with Crippen LogP contribution >= 0.6 is 0 Å². The van der Waals surface area contributed by atoms with E-state index in [2.05, 4.69) is 15.4 Å². The maximum Gasteiger partial charge on any atom is 0.387 e. The van der Waals surface area contributed by atoms with Crippen molar-refractivity contribution in [1.29, 1.82) is 0 Å². The minimum Gasteiger partial charge on any atom is -0.493 e. The molecule has 0 unspecified atom stereocenters. The van der Waals surface area contributed by atoms with E-state index in [1.165, 1.54) is 58.1 Å². The van der Waals surface area contributed by atoms with E-state index < -0.39 is 6.61 Å². The molecule has 5 nitrogen and oxygen atoms in total. The number of nitrogens with one attached hydrogen (secondary N) is 1. The topological polar surface area (TPSA) is 64.2 Å². The van der Waals surface area contributed by atoms with Crippen molar-refractivity contribution in [3.05, 3.63) is 23.8 Å². The second-order valence-electron chi connectivity index (χ2n) is 6.69. The molecule has 0 atom stereocenters. The van der Waals surface area contributed by atoms with E-state index in [0.717, 1.165) is 5.56 Å². The van der Waals surface area contributed by atoms with Gasteiger partial charge in [0.1, 0.15) is 0 Å². The molecular weight excluding hydrogens is 342 g/mol. The molecule has 0 heterocycles. The number of amides is 1. The number of quaternary nitrogens is 1. The number of methoxy groups -OCH3 is 1. The first-order valence-electron chi connectivity index (χ1n) is 9.30. The number of benzene rings is 1. The first-order valence-corrected chi connectivity index (χ1v) is 9.30. The van der Waals surface area contributed by atoms with Gasteiger partial charge >= 0.3 is 6.61 Å². The number of hydrogen-bond donors (Lipinski definition) is 2. The van der Waals surface area contributed by atoms with Gasteiger partial charge in [0.15, 0.2) is 18.0 Å². The third-order valence-corrected chi connectivity index (χ3v) is 4.72. The van der Waals surface area contributed by atoms with E-state index in [-0.39, 0.29) is 17.4 Å².